The van der Waals surface area contributed by atoms with Crippen molar-refractivity contribution in [2.24, 2.45) is 11.3 Å². The second-order valence-electron chi connectivity index (χ2n) is 7.78. The van der Waals surface area contributed by atoms with E-state index in [0.29, 0.717) is 24.7 Å². The van der Waals surface area contributed by atoms with Crippen molar-refractivity contribution >= 4 is 11.8 Å². The first-order valence-electron chi connectivity index (χ1n) is 9.20. The summed E-state index contributed by atoms with van der Waals surface area (Å²) in [5, 5.41) is 0. The van der Waals surface area contributed by atoms with Crippen LogP contribution in [0.25, 0.3) is 0 Å². The van der Waals surface area contributed by atoms with Gasteiger partial charge in [0.15, 0.2) is 5.78 Å². The maximum atomic E-state index is 12.5. The summed E-state index contributed by atoms with van der Waals surface area (Å²) in [5.74, 6) is 0.320. The highest BCUT2D eigenvalue weighted by molar-refractivity contribution is 5.98. The number of ether oxygens (including phenoxy) is 1. The fraction of sp³-hybridized carbons (Fsp3) is 0.545. The van der Waals surface area contributed by atoms with Gasteiger partial charge in [0.05, 0.1) is 6.61 Å². The molecule has 3 nitrogen and oxygen atoms in total. The third-order valence-electron chi connectivity index (χ3n) is 5.39. The maximum absolute atomic E-state index is 12.5. The fourth-order valence-electron chi connectivity index (χ4n) is 3.75. The van der Waals surface area contributed by atoms with E-state index in [-0.39, 0.29) is 11.4 Å². The largest absolute Gasteiger partial charge is 0.463 e. The lowest BCUT2D eigenvalue weighted by atomic mass is 9.74. The molecule has 0 bridgehead atoms. The maximum Gasteiger partial charge on any atom is 0.330 e. The van der Waals surface area contributed by atoms with Gasteiger partial charge in [-0.25, -0.2) is 4.79 Å². The third-order valence-corrected chi connectivity index (χ3v) is 5.39. The van der Waals surface area contributed by atoms with Gasteiger partial charge in [-0.15, -0.1) is 0 Å². The normalized spacial score (nSPS) is 24.0. The molecule has 3 heteroatoms. The fourth-order valence-corrected chi connectivity index (χ4v) is 3.75. The molecule has 0 saturated heterocycles. The molecule has 136 valence electrons. The van der Waals surface area contributed by atoms with Crippen LogP contribution in [0.1, 0.15) is 60.3 Å². The summed E-state index contributed by atoms with van der Waals surface area (Å²) in [7, 11) is 0. The van der Waals surface area contributed by atoms with E-state index in [1.54, 1.807) is 6.92 Å². The first-order valence-corrected chi connectivity index (χ1v) is 9.20. The molecular weight excluding hydrogens is 312 g/mol. The summed E-state index contributed by atoms with van der Waals surface area (Å²) < 4.78 is 4.90. The van der Waals surface area contributed by atoms with Gasteiger partial charge in [0.2, 0.25) is 0 Å². The van der Waals surface area contributed by atoms with Crippen LogP contribution in [-0.2, 0) is 14.3 Å². The van der Waals surface area contributed by atoms with Gasteiger partial charge in [-0.3, -0.25) is 4.79 Å². The highest BCUT2D eigenvalue weighted by atomic mass is 16.5. The van der Waals surface area contributed by atoms with E-state index in [1.807, 2.05) is 19.1 Å². The van der Waals surface area contributed by atoms with Crippen LogP contribution in [0.2, 0.25) is 0 Å². The minimum absolute atomic E-state index is 0.165. The number of rotatable bonds is 5. The zero-order chi connectivity index (χ0) is 18.6. The Morgan fingerprint density at radius 1 is 1.28 bits per heavy atom. The number of carbonyl (C=O) groups is 2. The van der Waals surface area contributed by atoms with Gasteiger partial charge in [-0.05, 0) is 62.5 Å². The molecule has 0 heterocycles. The smallest absolute Gasteiger partial charge is 0.330 e. The van der Waals surface area contributed by atoms with Gasteiger partial charge in [-0.1, -0.05) is 43.2 Å². The van der Waals surface area contributed by atoms with E-state index in [1.165, 1.54) is 17.2 Å². The van der Waals surface area contributed by atoms with Crippen molar-refractivity contribution < 1.29 is 14.3 Å². The summed E-state index contributed by atoms with van der Waals surface area (Å²) in [6.07, 6.45) is 11.1. The molecule has 2 aliphatic rings. The molecule has 1 unspecified atom stereocenters. The number of carbonyl (C=O) groups excluding carboxylic acids is 2. The van der Waals surface area contributed by atoms with Crippen molar-refractivity contribution in [3.05, 3.63) is 46.6 Å². The summed E-state index contributed by atoms with van der Waals surface area (Å²) in [5.41, 5.74) is 4.73. The van der Waals surface area contributed by atoms with Crippen LogP contribution < -0.4 is 0 Å². The minimum Gasteiger partial charge on any atom is -0.463 e. The zero-order valence-electron chi connectivity index (χ0n) is 16.1. The Labute approximate surface area is 151 Å². The predicted octanol–water partition coefficient (Wildman–Crippen LogP) is 5.09. The second-order valence-corrected chi connectivity index (χ2v) is 7.78. The number of allylic oxidation sites excluding steroid dienone is 7. The van der Waals surface area contributed by atoms with Gasteiger partial charge in [0.1, 0.15) is 0 Å². The Balaban J connectivity index is 2.05. The number of hydrogen-bond donors (Lipinski definition) is 0. The lowest BCUT2D eigenvalue weighted by Crippen LogP contribution is -2.22. The topological polar surface area (TPSA) is 43.4 Å². The molecule has 0 fully saturated rings. The Kier molecular flexibility index (Phi) is 6.21. The van der Waals surface area contributed by atoms with Crippen LogP contribution >= 0.6 is 0 Å². The molecule has 0 aromatic heterocycles. The molecule has 0 aromatic rings. The van der Waals surface area contributed by atoms with E-state index < -0.39 is 0 Å². The van der Waals surface area contributed by atoms with E-state index in [0.717, 1.165) is 30.4 Å². The van der Waals surface area contributed by atoms with Crippen molar-refractivity contribution in [2.75, 3.05) is 6.61 Å². The molecule has 0 saturated carbocycles. The van der Waals surface area contributed by atoms with Crippen molar-refractivity contribution in [1.29, 1.82) is 0 Å². The zero-order valence-corrected chi connectivity index (χ0v) is 16.1. The Hall–Kier alpha value is -1.90. The van der Waals surface area contributed by atoms with E-state index in [9.17, 15) is 9.59 Å². The first kappa shape index (κ1) is 19.4. The van der Waals surface area contributed by atoms with E-state index in [4.69, 9.17) is 4.74 Å². The summed E-state index contributed by atoms with van der Waals surface area (Å²) in [6.45, 7) is 10.7. The Morgan fingerprint density at radius 3 is 2.68 bits per heavy atom. The number of hydrogen-bond acceptors (Lipinski definition) is 3. The summed E-state index contributed by atoms with van der Waals surface area (Å²) in [4.78, 5) is 23.9. The monoisotopic (exact) mass is 342 g/mol. The quantitative estimate of drug-likeness (QED) is 0.397. The van der Waals surface area contributed by atoms with E-state index >= 15 is 0 Å². The van der Waals surface area contributed by atoms with Crippen LogP contribution in [-0.4, -0.2) is 18.4 Å². The SMILES string of the molecule is CCOC(=O)C=C(C)C=CC=C(C)C1CC(=O)C2=C(C1)C(C)(C)CC2. The molecule has 2 rings (SSSR count). The van der Waals surface area contributed by atoms with Crippen molar-refractivity contribution in [3.63, 3.8) is 0 Å². The molecule has 0 amide bonds. The molecule has 2 aliphatic carbocycles. The second kappa shape index (κ2) is 7.99. The molecule has 1 atom stereocenters. The van der Waals surface area contributed by atoms with Crippen LogP contribution in [0.4, 0.5) is 0 Å². The molecular formula is C22H30O3. The van der Waals surface area contributed by atoms with Crippen molar-refractivity contribution in [3.8, 4) is 0 Å². The summed E-state index contributed by atoms with van der Waals surface area (Å²) in [6, 6.07) is 0. The number of esters is 1. The number of ketones is 1. The van der Waals surface area contributed by atoms with Crippen molar-refractivity contribution in [1.82, 2.24) is 0 Å². The van der Waals surface area contributed by atoms with Gasteiger partial charge < -0.3 is 4.74 Å². The molecule has 0 spiro atoms. The average Bonchev–Trinajstić information content (AvgIpc) is 2.83. The van der Waals surface area contributed by atoms with E-state index in [2.05, 4.69) is 26.8 Å². The first-order chi connectivity index (χ1) is 11.7. The molecule has 0 N–H and O–H groups in total. The summed E-state index contributed by atoms with van der Waals surface area (Å²) >= 11 is 0. The number of Topliss-reactive ketones (excluding diaryl/α,β-unsaturated/α-hetero) is 1. The molecule has 25 heavy (non-hydrogen) atoms. The minimum atomic E-state index is -0.314. The van der Waals surface area contributed by atoms with Gasteiger partial charge in [-0.2, -0.15) is 0 Å². The predicted molar refractivity (Wildman–Crippen MR) is 101 cm³/mol. The standard InChI is InChI=1S/C22H30O3/c1-6-25-21(24)12-15(2)8-7-9-16(3)17-13-19-18(20(23)14-17)10-11-22(19,4)5/h7-9,12,17H,6,10-11,13-14H2,1-5H3. The van der Waals surface area contributed by atoms with Crippen LogP contribution in [0.5, 0.6) is 0 Å². The molecule has 0 aromatic carbocycles. The Bertz CT molecular complexity index is 671. The third kappa shape index (κ3) is 4.81. The van der Waals surface area contributed by atoms with Crippen LogP contribution in [0, 0.1) is 11.3 Å². The van der Waals surface area contributed by atoms with Gasteiger partial charge in [0.25, 0.3) is 0 Å². The van der Waals surface area contributed by atoms with Crippen LogP contribution in [0.15, 0.2) is 46.6 Å². The lowest BCUT2D eigenvalue weighted by molar-refractivity contribution is -0.137. The highest BCUT2D eigenvalue weighted by Crippen LogP contribution is 2.49. The lowest BCUT2D eigenvalue weighted by Gasteiger charge is -2.30. The average molecular weight is 342 g/mol. The van der Waals surface area contributed by atoms with Crippen LogP contribution in [0.3, 0.4) is 0 Å². The van der Waals surface area contributed by atoms with Crippen molar-refractivity contribution in [2.45, 2.75) is 60.3 Å². The van der Waals surface area contributed by atoms with Gasteiger partial charge >= 0.3 is 5.97 Å². The molecule has 0 radical (unpaired) electrons. The van der Waals surface area contributed by atoms with Gasteiger partial charge in [0, 0.05) is 12.5 Å². The Morgan fingerprint density at radius 2 is 2.00 bits per heavy atom. The highest BCUT2D eigenvalue weighted by Gasteiger charge is 2.39. The molecule has 0 aliphatic heterocycles.